The molecule has 0 saturated heterocycles. The molecule has 3 heteroatoms. The SMILES string of the molecule is Cc1ccc(NCc2cc3cccc(C)c3[nH]c2=O)cc1C. The molecule has 3 rings (SSSR count). The molecule has 0 atom stereocenters. The minimum Gasteiger partial charge on any atom is -0.381 e. The molecule has 0 fully saturated rings. The van der Waals surface area contributed by atoms with Crippen molar-refractivity contribution >= 4 is 16.6 Å². The van der Waals surface area contributed by atoms with E-state index in [1.807, 2.05) is 37.3 Å². The molecule has 3 aromatic rings. The van der Waals surface area contributed by atoms with Gasteiger partial charge in [-0.25, -0.2) is 0 Å². The fourth-order valence-electron chi connectivity index (χ4n) is 2.61. The molecule has 22 heavy (non-hydrogen) atoms. The molecule has 0 unspecified atom stereocenters. The number of benzene rings is 2. The Morgan fingerprint density at radius 3 is 2.55 bits per heavy atom. The van der Waals surface area contributed by atoms with Gasteiger partial charge in [0.2, 0.25) is 0 Å². The van der Waals surface area contributed by atoms with Crippen molar-refractivity contribution in [3.63, 3.8) is 0 Å². The van der Waals surface area contributed by atoms with E-state index in [1.165, 1.54) is 11.1 Å². The average Bonchev–Trinajstić information content (AvgIpc) is 2.49. The Morgan fingerprint density at radius 1 is 0.955 bits per heavy atom. The van der Waals surface area contributed by atoms with Crippen molar-refractivity contribution < 1.29 is 0 Å². The molecule has 0 aliphatic heterocycles. The number of aryl methyl sites for hydroxylation is 3. The van der Waals surface area contributed by atoms with E-state index in [2.05, 4.69) is 36.3 Å². The summed E-state index contributed by atoms with van der Waals surface area (Å²) in [5.74, 6) is 0. The van der Waals surface area contributed by atoms with Crippen molar-refractivity contribution in [2.24, 2.45) is 0 Å². The van der Waals surface area contributed by atoms with Crippen molar-refractivity contribution in [1.82, 2.24) is 4.98 Å². The third kappa shape index (κ3) is 2.75. The number of aromatic amines is 1. The summed E-state index contributed by atoms with van der Waals surface area (Å²) >= 11 is 0. The van der Waals surface area contributed by atoms with Crippen molar-refractivity contribution in [3.05, 3.63) is 75.1 Å². The van der Waals surface area contributed by atoms with Gasteiger partial charge in [0.15, 0.2) is 0 Å². The van der Waals surface area contributed by atoms with Crippen LogP contribution in [-0.2, 0) is 6.54 Å². The highest BCUT2D eigenvalue weighted by Gasteiger charge is 2.05. The smallest absolute Gasteiger partial charge is 0.253 e. The molecule has 112 valence electrons. The summed E-state index contributed by atoms with van der Waals surface area (Å²) in [7, 11) is 0. The van der Waals surface area contributed by atoms with Crippen LogP contribution in [0.5, 0.6) is 0 Å². The standard InChI is InChI=1S/C19H20N2O/c1-12-7-8-17(9-14(12)3)20-11-16-10-15-6-4-5-13(2)18(15)21-19(16)22/h4-10,20H,11H2,1-3H3,(H,21,22). The fourth-order valence-corrected chi connectivity index (χ4v) is 2.61. The second-order valence-corrected chi connectivity index (χ2v) is 5.82. The van der Waals surface area contributed by atoms with Crippen LogP contribution < -0.4 is 10.9 Å². The normalized spacial score (nSPS) is 10.9. The predicted molar refractivity (Wildman–Crippen MR) is 92.5 cm³/mol. The van der Waals surface area contributed by atoms with Crippen LogP contribution in [0.4, 0.5) is 5.69 Å². The maximum absolute atomic E-state index is 12.2. The second-order valence-electron chi connectivity index (χ2n) is 5.82. The van der Waals surface area contributed by atoms with Crippen molar-refractivity contribution in [2.45, 2.75) is 27.3 Å². The number of hydrogen-bond acceptors (Lipinski definition) is 2. The molecule has 3 nitrogen and oxygen atoms in total. The lowest BCUT2D eigenvalue weighted by atomic mass is 10.1. The van der Waals surface area contributed by atoms with Crippen molar-refractivity contribution in [2.75, 3.05) is 5.32 Å². The highest BCUT2D eigenvalue weighted by molar-refractivity contribution is 5.81. The Morgan fingerprint density at radius 2 is 1.77 bits per heavy atom. The first-order chi connectivity index (χ1) is 10.5. The van der Waals surface area contributed by atoms with Crippen LogP contribution in [0.25, 0.3) is 10.9 Å². The predicted octanol–water partition coefficient (Wildman–Crippen LogP) is 4.07. The summed E-state index contributed by atoms with van der Waals surface area (Å²) < 4.78 is 0. The van der Waals surface area contributed by atoms with Gasteiger partial charge in [0.1, 0.15) is 0 Å². The zero-order valence-corrected chi connectivity index (χ0v) is 13.2. The lowest BCUT2D eigenvalue weighted by Gasteiger charge is -2.09. The van der Waals surface area contributed by atoms with Gasteiger partial charge < -0.3 is 10.3 Å². The molecular weight excluding hydrogens is 272 g/mol. The molecule has 0 spiro atoms. The third-order valence-corrected chi connectivity index (χ3v) is 4.15. The Labute approximate surface area is 130 Å². The van der Waals surface area contributed by atoms with Crippen LogP contribution >= 0.6 is 0 Å². The number of anilines is 1. The molecule has 0 radical (unpaired) electrons. The molecule has 0 aliphatic rings. The molecule has 0 saturated carbocycles. The van der Waals surface area contributed by atoms with Crippen molar-refractivity contribution in [1.29, 1.82) is 0 Å². The Kier molecular flexibility index (Phi) is 3.72. The van der Waals surface area contributed by atoms with E-state index in [-0.39, 0.29) is 5.56 Å². The van der Waals surface area contributed by atoms with E-state index in [4.69, 9.17) is 0 Å². The first-order valence-electron chi connectivity index (χ1n) is 7.47. The van der Waals surface area contributed by atoms with Crippen molar-refractivity contribution in [3.8, 4) is 0 Å². The fraction of sp³-hybridized carbons (Fsp3) is 0.211. The summed E-state index contributed by atoms with van der Waals surface area (Å²) in [4.78, 5) is 15.2. The molecule has 0 amide bonds. The van der Waals surface area contributed by atoms with E-state index in [1.54, 1.807) is 0 Å². The van der Waals surface area contributed by atoms with E-state index < -0.39 is 0 Å². The monoisotopic (exact) mass is 292 g/mol. The summed E-state index contributed by atoms with van der Waals surface area (Å²) in [5, 5.41) is 4.40. The lowest BCUT2D eigenvalue weighted by molar-refractivity contribution is 1.09. The summed E-state index contributed by atoms with van der Waals surface area (Å²) in [6.45, 7) is 6.70. The van der Waals surface area contributed by atoms with Gasteiger partial charge in [0, 0.05) is 17.8 Å². The molecule has 0 aliphatic carbocycles. The molecule has 1 aromatic heterocycles. The molecule has 0 bridgehead atoms. The molecule has 2 aromatic carbocycles. The number of para-hydroxylation sites is 1. The number of H-pyrrole nitrogens is 1. The van der Waals surface area contributed by atoms with Gasteiger partial charge in [-0.1, -0.05) is 24.3 Å². The number of aromatic nitrogens is 1. The van der Waals surface area contributed by atoms with Crippen LogP contribution in [0.1, 0.15) is 22.3 Å². The number of fused-ring (bicyclic) bond motifs is 1. The summed E-state index contributed by atoms with van der Waals surface area (Å²) in [6, 6.07) is 14.2. The van der Waals surface area contributed by atoms with Gasteiger partial charge in [-0.2, -0.15) is 0 Å². The molecule has 2 N–H and O–H groups in total. The summed E-state index contributed by atoms with van der Waals surface area (Å²) in [5.41, 5.74) is 6.27. The van der Waals surface area contributed by atoms with Crippen LogP contribution in [-0.4, -0.2) is 4.98 Å². The Bertz CT molecular complexity index is 894. The zero-order valence-electron chi connectivity index (χ0n) is 13.2. The van der Waals surface area contributed by atoms with E-state index in [0.717, 1.165) is 27.7 Å². The molecular formula is C19H20N2O. The maximum Gasteiger partial charge on any atom is 0.253 e. The maximum atomic E-state index is 12.2. The van der Waals surface area contributed by atoms with Gasteiger partial charge in [-0.15, -0.1) is 0 Å². The first kappa shape index (κ1) is 14.4. The third-order valence-electron chi connectivity index (χ3n) is 4.15. The quantitative estimate of drug-likeness (QED) is 0.764. The van der Waals surface area contributed by atoms with Crippen LogP contribution in [0.15, 0.2) is 47.3 Å². The van der Waals surface area contributed by atoms with Gasteiger partial charge in [-0.3, -0.25) is 4.79 Å². The highest BCUT2D eigenvalue weighted by Crippen LogP contribution is 2.17. The van der Waals surface area contributed by atoms with Gasteiger partial charge >= 0.3 is 0 Å². The summed E-state index contributed by atoms with van der Waals surface area (Å²) in [6.07, 6.45) is 0. The second kappa shape index (κ2) is 5.68. The largest absolute Gasteiger partial charge is 0.381 e. The highest BCUT2D eigenvalue weighted by atomic mass is 16.1. The number of nitrogens with one attached hydrogen (secondary N) is 2. The Balaban J connectivity index is 1.89. The average molecular weight is 292 g/mol. The van der Waals surface area contributed by atoms with Crippen LogP contribution in [0.3, 0.4) is 0 Å². The number of pyridine rings is 1. The number of rotatable bonds is 3. The van der Waals surface area contributed by atoms with Crippen LogP contribution in [0, 0.1) is 20.8 Å². The van der Waals surface area contributed by atoms with E-state index >= 15 is 0 Å². The van der Waals surface area contributed by atoms with E-state index in [9.17, 15) is 4.79 Å². The Hall–Kier alpha value is -2.55. The minimum absolute atomic E-state index is 0.0295. The van der Waals surface area contributed by atoms with Gasteiger partial charge in [-0.05, 0) is 61.0 Å². The topological polar surface area (TPSA) is 44.9 Å². The van der Waals surface area contributed by atoms with Crippen LogP contribution in [0.2, 0.25) is 0 Å². The lowest BCUT2D eigenvalue weighted by Crippen LogP contribution is -2.16. The van der Waals surface area contributed by atoms with E-state index in [0.29, 0.717) is 6.54 Å². The molecule has 1 heterocycles. The first-order valence-corrected chi connectivity index (χ1v) is 7.47. The van der Waals surface area contributed by atoms with Gasteiger partial charge in [0.25, 0.3) is 5.56 Å². The van der Waals surface area contributed by atoms with Gasteiger partial charge in [0.05, 0.1) is 5.52 Å². The zero-order chi connectivity index (χ0) is 15.7. The number of hydrogen-bond donors (Lipinski definition) is 2. The minimum atomic E-state index is -0.0295.